The number of furan rings is 1. The Morgan fingerprint density at radius 1 is 1.35 bits per heavy atom. The van der Waals surface area contributed by atoms with Crippen LogP contribution in [0.15, 0.2) is 40.8 Å². The number of nitrogens with zero attached hydrogens (tertiary/aromatic N) is 1. The third-order valence-corrected chi connectivity index (χ3v) is 3.54. The highest BCUT2D eigenvalue weighted by Crippen LogP contribution is 2.26. The van der Waals surface area contributed by atoms with Gasteiger partial charge in [-0.3, -0.25) is 14.9 Å². The van der Waals surface area contributed by atoms with Crippen molar-refractivity contribution in [2.75, 3.05) is 5.32 Å². The average Bonchev–Trinajstić information content (AvgIpc) is 3.00. The first-order valence-electron chi connectivity index (χ1n) is 7.46. The number of non-ortho nitro benzene ring substituents is 1. The van der Waals surface area contributed by atoms with Crippen LogP contribution in [-0.2, 0) is 14.3 Å². The molecule has 8 nitrogen and oxygen atoms in total. The minimum absolute atomic E-state index is 0.000776. The number of carbonyl (C=O) groups excluding carboxylic acids is 2. The van der Waals surface area contributed by atoms with Crippen molar-refractivity contribution < 1.29 is 23.7 Å². The zero-order valence-electron chi connectivity index (χ0n) is 13.9. The lowest BCUT2D eigenvalue weighted by Gasteiger charge is -2.13. The quantitative estimate of drug-likeness (QED) is 0.354. The Balaban J connectivity index is 1.93. The Labute approximate surface area is 153 Å². The molecule has 0 aliphatic rings. The Morgan fingerprint density at radius 3 is 2.65 bits per heavy atom. The van der Waals surface area contributed by atoms with Crippen LogP contribution in [0.5, 0.6) is 0 Å². The third-order valence-electron chi connectivity index (χ3n) is 3.23. The fourth-order valence-electron chi connectivity index (χ4n) is 1.91. The van der Waals surface area contributed by atoms with Crippen molar-refractivity contribution in [3.05, 3.63) is 63.1 Å². The molecule has 0 saturated carbocycles. The summed E-state index contributed by atoms with van der Waals surface area (Å²) in [5.74, 6) is -0.173. The monoisotopic (exact) mass is 378 g/mol. The van der Waals surface area contributed by atoms with Gasteiger partial charge in [0.15, 0.2) is 6.10 Å². The van der Waals surface area contributed by atoms with Gasteiger partial charge in [0.05, 0.1) is 15.6 Å². The van der Waals surface area contributed by atoms with Crippen molar-refractivity contribution in [1.29, 1.82) is 0 Å². The van der Waals surface area contributed by atoms with Gasteiger partial charge in [-0.05, 0) is 38.1 Å². The van der Waals surface area contributed by atoms with Crippen LogP contribution in [0.1, 0.15) is 18.4 Å². The van der Waals surface area contributed by atoms with Crippen molar-refractivity contribution in [2.24, 2.45) is 0 Å². The van der Waals surface area contributed by atoms with Gasteiger partial charge in [-0.25, -0.2) is 4.79 Å². The molecule has 1 unspecified atom stereocenters. The lowest BCUT2D eigenvalue weighted by molar-refractivity contribution is -0.384. The van der Waals surface area contributed by atoms with E-state index in [9.17, 15) is 19.7 Å². The molecule has 0 aliphatic carbocycles. The summed E-state index contributed by atoms with van der Waals surface area (Å²) in [6.45, 7) is 3.16. The van der Waals surface area contributed by atoms with Gasteiger partial charge in [-0.15, -0.1) is 0 Å². The molecule has 0 aliphatic heterocycles. The van der Waals surface area contributed by atoms with Crippen LogP contribution in [0.2, 0.25) is 5.02 Å². The number of ether oxygens (including phenoxy) is 1. The van der Waals surface area contributed by atoms with Crippen molar-refractivity contribution >= 4 is 40.9 Å². The molecule has 9 heteroatoms. The topological polar surface area (TPSA) is 112 Å². The molecule has 0 fully saturated rings. The molecule has 1 aromatic heterocycles. The summed E-state index contributed by atoms with van der Waals surface area (Å²) >= 11 is 5.90. The summed E-state index contributed by atoms with van der Waals surface area (Å²) in [7, 11) is 0. The highest BCUT2D eigenvalue weighted by Gasteiger charge is 2.19. The van der Waals surface area contributed by atoms with Crippen molar-refractivity contribution in [3.63, 3.8) is 0 Å². The minimum Gasteiger partial charge on any atom is -0.462 e. The summed E-state index contributed by atoms with van der Waals surface area (Å²) in [6.07, 6.45) is 1.46. The van der Waals surface area contributed by atoms with Crippen LogP contribution < -0.4 is 5.32 Å². The molecule has 2 aromatic rings. The molecular weight excluding hydrogens is 364 g/mol. The van der Waals surface area contributed by atoms with Crippen LogP contribution in [0, 0.1) is 17.0 Å². The van der Waals surface area contributed by atoms with E-state index >= 15 is 0 Å². The number of hydrogen-bond acceptors (Lipinski definition) is 6. The van der Waals surface area contributed by atoms with E-state index in [0.29, 0.717) is 11.5 Å². The second-order valence-corrected chi connectivity index (χ2v) is 5.68. The highest BCUT2D eigenvalue weighted by atomic mass is 35.5. The predicted octanol–water partition coefficient (Wildman–Crippen LogP) is 3.73. The van der Waals surface area contributed by atoms with E-state index < -0.39 is 22.9 Å². The molecule has 0 spiro atoms. The number of anilines is 1. The van der Waals surface area contributed by atoms with Gasteiger partial charge < -0.3 is 14.5 Å². The van der Waals surface area contributed by atoms with E-state index in [2.05, 4.69) is 5.32 Å². The van der Waals surface area contributed by atoms with Crippen LogP contribution in [0.4, 0.5) is 11.4 Å². The smallest absolute Gasteiger partial charge is 0.331 e. The SMILES string of the molecule is Cc1ccc(C=CC(=O)OC(C)C(=O)Nc2ccc([N+](=O)[O-])cc2Cl)o1. The average molecular weight is 379 g/mol. The molecule has 1 N–H and O–H groups in total. The first-order valence-corrected chi connectivity index (χ1v) is 7.84. The van der Waals surface area contributed by atoms with Gasteiger partial charge in [-0.1, -0.05) is 11.6 Å². The number of rotatable bonds is 6. The number of carbonyl (C=O) groups is 2. The zero-order valence-corrected chi connectivity index (χ0v) is 14.6. The largest absolute Gasteiger partial charge is 0.462 e. The van der Waals surface area contributed by atoms with Crippen molar-refractivity contribution in [2.45, 2.75) is 20.0 Å². The fraction of sp³-hybridized carbons (Fsp3) is 0.176. The van der Waals surface area contributed by atoms with Gasteiger partial charge in [0.1, 0.15) is 11.5 Å². The number of esters is 1. The molecule has 136 valence electrons. The number of nitro benzene ring substituents is 1. The van der Waals surface area contributed by atoms with Crippen LogP contribution in [0.3, 0.4) is 0 Å². The lowest BCUT2D eigenvalue weighted by atomic mass is 10.2. The first kappa shape index (κ1) is 19.2. The van der Waals surface area contributed by atoms with Crippen LogP contribution in [-0.4, -0.2) is 22.9 Å². The van der Waals surface area contributed by atoms with Gasteiger partial charge >= 0.3 is 5.97 Å². The van der Waals surface area contributed by atoms with Crippen molar-refractivity contribution in [1.82, 2.24) is 0 Å². The van der Waals surface area contributed by atoms with Gasteiger partial charge in [-0.2, -0.15) is 0 Å². The highest BCUT2D eigenvalue weighted by molar-refractivity contribution is 6.34. The Morgan fingerprint density at radius 2 is 2.08 bits per heavy atom. The molecule has 0 saturated heterocycles. The van der Waals surface area contributed by atoms with E-state index in [0.717, 1.165) is 12.1 Å². The summed E-state index contributed by atoms with van der Waals surface area (Å²) < 4.78 is 10.3. The molecule has 26 heavy (non-hydrogen) atoms. The molecule has 1 atom stereocenters. The maximum atomic E-state index is 12.1. The van der Waals surface area contributed by atoms with Gasteiger partial charge in [0, 0.05) is 18.2 Å². The van der Waals surface area contributed by atoms with Crippen LogP contribution >= 0.6 is 11.6 Å². The standard InChI is InChI=1S/C17H15ClN2O6/c1-10-3-5-13(25-10)6-8-16(21)26-11(2)17(22)19-15-7-4-12(20(23)24)9-14(15)18/h3-9,11H,1-2H3,(H,19,22). The van der Waals surface area contributed by atoms with E-state index in [1.807, 2.05) is 0 Å². The third kappa shape index (κ3) is 5.18. The summed E-state index contributed by atoms with van der Waals surface area (Å²) in [5, 5.41) is 13.1. The number of benzene rings is 1. The Hall–Kier alpha value is -3.13. The maximum Gasteiger partial charge on any atom is 0.331 e. The van der Waals surface area contributed by atoms with E-state index in [1.54, 1.807) is 19.1 Å². The number of halogens is 1. The molecule has 1 aromatic carbocycles. The normalized spacial score (nSPS) is 12.0. The molecular formula is C17H15ClN2O6. The number of hydrogen-bond donors (Lipinski definition) is 1. The molecule has 0 radical (unpaired) electrons. The maximum absolute atomic E-state index is 12.1. The number of nitro groups is 1. The molecule has 0 bridgehead atoms. The molecule has 2 rings (SSSR count). The number of aryl methyl sites for hydroxylation is 1. The van der Waals surface area contributed by atoms with E-state index in [1.165, 1.54) is 25.1 Å². The number of nitrogens with one attached hydrogen (secondary N) is 1. The van der Waals surface area contributed by atoms with E-state index in [-0.39, 0.29) is 16.4 Å². The Kier molecular flexibility index (Phi) is 6.13. The summed E-state index contributed by atoms with van der Waals surface area (Å²) in [6, 6.07) is 7.04. The summed E-state index contributed by atoms with van der Waals surface area (Å²) in [5.41, 5.74) is -0.0301. The van der Waals surface area contributed by atoms with Gasteiger partial charge in [0.25, 0.3) is 11.6 Å². The summed E-state index contributed by atoms with van der Waals surface area (Å²) in [4.78, 5) is 33.9. The first-order chi connectivity index (χ1) is 12.3. The second-order valence-electron chi connectivity index (χ2n) is 5.27. The molecule has 1 heterocycles. The van der Waals surface area contributed by atoms with Gasteiger partial charge in [0.2, 0.25) is 0 Å². The zero-order chi connectivity index (χ0) is 19.3. The minimum atomic E-state index is -1.10. The van der Waals surface area contributed by atoms with E-state index in [4.69, 9.17) is 20.8 Å². The second kappa shape index (κ2) is 8.30. The fourth-order valence-corrected chi connectivity index (χ4v) is 2.14. The van der Waals surface area contributed by atoms with Crippen LogP contribution in [0.25, 0.3) is 6.08 Å². The number of amides is 1. The Bertz CT molecular complexity index is 874. The van der Waals surface area contributed by atoms with Crippen molar-refractivity contribution in [3.8, 4) is 0 Å². The lowest BCUT2D eigenvalue weighted by Crippen LogP contribution is -2.29. The predicted molar refractivity (Wildman–Crippen MR) is 94.8 cm³/mol. The molecule has 1 amide bonds.